The van der Waals surface area contributed by atoms with Crippen LogP contribution in [0, 0.1) is 25.2 Å². The maximum absolute atomic E-state index is 8.95. The Morgan fingerprint density at radius 3 is 2.88 bits per heavy atom. The van der Waals surface area contributed by atoms with Gasteiger partial charge in [0.15, 0.2) is 0 Å². The molecular formula is C13H14N4. The number of aromatic amines is 1. The molecule has 0 saturated heterocycles. The number of hydrogen-bond acceptors (Lipinski definition) is 3. The van der Waals surface area contributed by atoms with Crippen LogP contribution < -0.4 is 5.32 Å². The van der Waals surface area contributed by atoms with E-state index in [0.717, 1.165) is 22.5 Å². The lowest BCUT2D eigenvalue weighted by atomic mass is 10.1. The number of aryl methyl sites for hydroxylation is 1. The number of nitrogens with one attached hydrogen (secondary N) is 2. The maximum atomic E-state index is 8.95. The smallest absolute Gasteiger partial charge is 0.0995 e. The van der Waals surface area contributed by atoms with Crippen LogP contribution in [0.1, 0.15) is 22.4 Å². The van der Waals surface area contributed by atoms with Crippen molar-refractivity contribution in [1.82, 2.24) is 10.2 Å². The average Bonchev–Trinajstić information content (AvgIpc) is 2.74. The quantitative estimate of drug-likeness (QED) is 0.845. The summed E-state index contributed by atoms with van der Waals surface area (Å²) in [5.74, 6) is 0. The summed E-state index contributed by atoms with van der Waals surface area (Å²) < 4.78 is 0. The van der Waals surface area contributed by atoms with Crippen LogP contribution in [0.5, 0.6) is 0 Å². The van der Waals surface area contributed by atoms with Crippen molar-refractivity contribution in [2.75, 3.05) is 5.32 Å². The zero-order valence-corrected chi connectivity index (χ0v) is 9.91. The van der Waals surface area contributed by atoms with Crippen LogP contribution in [-0.4, -0.2) is 10.2 Å². The van der Waals surface area contributed by atoms with Gasteiger partial charge in [-0.1, -0.05) is 6.07 Å². The van der Waals surface area contributed by atoms with E-state index in [0.29, 0.717) is 12.1 Å². The first kappa shape index (κ1) is 11.2. The normalized spacial score (nSPS) is 9.94. The van der Waals surface area contributed by atoms with Gasteiger partial charge in [-0.25, -0.2) is 0 Å². The number of nitriles is 1. The van der Waals surface area contributed by atoms with Gasteiger partial charge in [0.25, 0.3) is 0 Å². The first-order valence-corrected chi connectivity index (χ1v) is 5.45. The summed E-state index contributed by atoms with van der Waals surface area (Å²) in [5, 5.41) is 19.1. The summed E-state index contributed by atoms with van der Waals surface area (Å²) in [5.41, 5.74) is 4.87. The molecule has 0 fully saturated rings. The van der Waals surface area contributed by atoms with Gasteiger partial charge in [0, 0.05) is 23.5 Å². The van der Waals surface area contributed by atoms with Crippen molar-refractivity contribution in [2.24, 2.45) is 0 Å². The third-order valence-corrected chi connectivity index (χ3v) is 2.86. The van der Waals surface area contributed by atoms with E-state index < -0.39 is 0 Å². The summed E-state index contributed by atoms with van der Waals surface area (Å²) in [6, 6.07) is 7.87. The van der Waals surface area contributed by atoms with E-state index in [-0.39, 0.29) is 0 Å². The van der Waals surface area contributed by atoms with Crippen LogP contribution in [-0.2, 0) is 6.54 Å². The van der Waals surface area contributed by atoms with E-state index >= 15 is 0 Å². The van der Waals surface area contributed by atoms with E-state index in [4.69, 9.17) is 5.26 Å². The van der Waals surface area contributed by atoms with Crippen LogP contribution in [0.3, 0.4) is 0 Å². The Morgan fingerprint density at radius 1 is 1.41 bits per heavy atom. The average molecular weight is 226 g/mol. The molecule has 86 valence electrons. The van der Waals surface area contributed by atoms with Crippen LogP contribution in [0.2, 0.25) is 0 Å². The molecule has 1 heterocycles. The van der Waals surface area contributed by atoms with Crippen molar-refractivity contribution in [3.05, 3.63) is 46.8 Å². The number of nitrogens with zero attached hydrogens (tertiary/aromatic N) is 2. The van der Waals surface area contributed by atoms with Gasteiger partial charge in [0.2, 0.25) is 0 Å². The zero-order chi connectivity index (χ0) is 12.3. The lowest BCUT2D eigenvalue weighted by Crippen LogP contribution is -2.02. The molecule has 4 nitrogen and oxygen atoms in total. The van der Waals surface area contributed by atoms with Crippen LogP contribution in [0.4, 0.5) is 5.69 Å². The number of hydrogen-bond donors (Lipinski definition) is 2. The SMILES string of the molecule is Cc1[nH]ncc1CNc1cccc(C#N)c1C. The van der Waals surface area contributed by atoms with Crippen LogP contribution in [0.15, 0.2) is 24.4 Å². The van der Waals surface area contributed by atoms with Gasteiger partial charge < -0.3 is 5.32 Å². The third-order valence-electron chi connectivity index (χ3n) is 2.86. The summed E-state index contributed by atoms with van der Waals surface area (Å²) in [7, 11) is 0. The Kier molecular flexibility index (Phi) is 3.10. The summed E-state index contributed by atoms with van der Waals surface area (Å²) in [6.45, 7) is 4.64. The van der Waals surface area contributed by atoms with Crippen LogP contribution in [0.25, 0.3) is 0 Å². The second kappa shape index (κ2) is 4.71. The minimum atomic E-state index is 0.706. The molecule has 0 unspecified atom stereocenters. The molecule has 0 aliphatic rings. The van der Waals surface area contributed by atoms with E-state index in [1.165, 1.54) is 0 Å². The molecule has 1 aromatic heterocycles. The van der Waals surface area contributed by atoms with E-state index in [2.05, 4.69) is 21.6 Å². The molecule has 0 aliphatic carbocycles. The Balaban J connectivity index is 2.15. The topological polar surface area (TPSA) is 64.5 Å². The predicted molar refractivity (Wildman–Crippen MR) is 66.5 cm³/mol. The van der Waals surface area contributed by atoms with Gasteiger partial charge in [-0.2, -0.15) is 10.4 Å². The van der Waals surface area contributed by atoms with Gasteiger partial charge >= 0.3 is 0 Å². The van der Waals surface area contributed by atoms with Gasteiger partial charge in [0.1, 0.15) is 0 Å². The Bertz CT molecular complexity index is 563. The highest BCUT2D eigenvalue weighted by molar-refractivity contribution is 5.57. The number of benzene rings is 1. The molecule has 17 heavy (non-hydrogen) atoms. The second-order valence-electron chi connectivity index (χ2n) is 3.96. The summed E-state index contributed by atoms with van der Waals surface area (Å²) >= 11 is 0. The fourth-order valence-electron chi connectivity index (χ4n) is 1.69. The van der Waals surface area contributed by atoms with Crippen molar-refractivity contribution in [3.8, 4) is 6.07 Å². The summed E-state index contributed by atoms with van der Waals surface area (Å²) in [6.07, 6.45) is 1.81. The molecule has 0 bridgehead atoms. The third kappa shape index (κ3) is 2.28. The fourth-order valence-corrected chi connectivity index (χ4v) is 1.69. The molecular weight excluding hydrogens is 212 g/mol. The van der Waals surface area contributed by atoms with E-state index in [1.54, 1.807) is 0 Å². The van der Waals surface area contributed by atoms with Gasteiger partial charge in [-0.3, -0.25) is 5.10 Å². The molecule has 2 rings (SSSR count). The van der Waals surface area contributed by atoms with Crippen molar-refractivity contribution in [3.63, 3.8) is 0 Å². The zero-order valence-electron chi connectivity index (χ0n) is 9.91. The van der Waals surface area contributed by atoms with Crippen LogP contribution >= 0.6 is 0 Å². The lowest BCUT2D eigenvalue weighted by molar-refractivity contribution is 1.04. The molecule has 2 aromatic rings. The Labute approximate surface area is 100 Å². The highest BCUT2D eigenvalue weighted by Crippen LogP contribution is 2.19. The standard InChI is InChI=1S/C13H14N4/c1-9-11(6-14)4-3-5-13(9)15-7-12-8-16-17-10(12)2/h3-5,8,15H,7H2,1-2H3,(H,16,17). The number of rotatable bonds is 3. The number of aromatic nitrogens is 2. The highest BCUT2D eigenvalue weighted by Gasteiger charge is 2.04. The van der Waals surface area contributed by atoms with E-state index in [1.807, 2.05) is 38.2 Å². The molecule has 4 heteroatoms. The fraction of sp³-hybridized carbons (Fsp3) is 0.231. The first-order valence-electron chi connectivity index (χ1n) is 5.45. The maximum Gasteiger partial charge on any atom is 0.0995 e. The molecule has 0 radical (unpaired) electrons. The number of anilines is 1. The lowest BCUT2D eigenvalue weighted by Gasteiger charge is -2.09. The summed E-state index contributed by atoms with van der Waals surface area (Å²) in [4.78, 5) is 0. The van der Waals surface area contributed by atoms with Crippen molar-refractivity contribution in [1.29, 1.82) is 5.26 Å². The van der Waals surface area contributed by atoms with Crippen molar-refractivity contribution < 1.29 is 0 Å². The molecule has 0 spiro atoms. The van der Waals surface area contributed by atoms with Gasteiger partial charge in [-0.05, 0) is 31.5 Å². The largest absolute Gasteiger partial charge is 0.381 e. The second-order valence-corrected chi connectivity index (χ2v) is 3.96. The van der Waals surface area contributed by atoms with Crippen molar-refractivity contribution >= 4 is 5.69 Å². The Morgan fingerprint density at radius 2 is 2.24 bits per heavy atom. The Hall–Kier alpha value is -2.28. The molecule has 0 saturated carbocycles. The van der Waals surface area contributed by atoms with Gasteiger partial charge in [0.05, 0.1) is 17.8 Å². The highest BCUT2D eigenvalue weighted by atomic mass is 15.1. The molecule has 2 N–H and O–H groups in total. The minimum Gasteiger partial charge on any atom is -0.381 e. The van der Waals surface area contributed by atoms with Crippen molar-refractivity contribution in [2.45, 2.75) is 20.4 Å². The first-order chi connectivity index (χ1) is 8.22. The predicted octanol–water partition coefficient (Wildman–Crippen LogP) is 2.51. The van der Waals surface area contributed by atoms with Gasteiger partial charge in [-0.15, -0.1) is 0 Å². The van der Waals surface area contributed by atoms with E-state index in [9.17, 15) is 0 Å². The number of H-pyrrole nitrogens is 1. The molecule has 0 aliphatic heterocycles. The molecule has 0 atom stereocenters. The minimum absolute atomic E-state index is 0.706. The monoisotopic (exact) mass is 226 g/mol. The molecule has 1 aromatic carbocycles. The molecule has 0 amide bonds.